The molecule has 2 fully saturated rings. The Kier molecular flexibility index (Phi) is 7.51. The Morgan fingerprint density at radius 1 is 1.18 bits per heavy atom. The van der Waals surface area contributed by atoms with E-state index < -0.39 is 5.97 Å². The zero-order valence-electron chi connectivity index (χ0n) is 19.5. The van der Waals surface area contributed by atoms with Gasteiger partial charge in [0.05, 0.1) is 11.2 Å². The van der Waals surface area contributed by atoms with Crippen LogP contribution in [0, 0.1) is 5.82 Å². The Hall–Kier alpha value is -2.63. The first-order valence-corrected chi connectivity index (χ1v) is 12.5. The molecule has 2 N–H and O–H groups in total. The summed E-state index contributed by atoms with van der Waals surface area (Å²) in [6, 6.07) is 3.83. The molecule has 2 aliphatic carbocycles. The second kappa shape index (κ2) is 10.5. The van der Waals surface area contributed by atoms with Crippen molar-refractivity contribution in [2.75, 3.05) is 5.32 Å². The molecule has 2 aromatic rings. The lowest BCUT2D eigenvalue weighted by Gasteiger charge is -2.26. The third-order valence-electron chi connectivity index (χ3n) is 7.45. The van der Waals surface area contributed by atoms with Gasteiger partial charge in [-0.15, -0.1) is 0 Å². The third kappa shape index (κ3) is 5.31. The van der Waals surface area contributed by atoms with Gasteiger partial charge in [-0.05, 0) is 56.6 Å². The molecule has 1 heterocycles. The fraction of sp³-hybridized carbons (Fsp3) is 0.556. The van der Waals surface area contributed by atoms with Gasteiger partial charge in [0.15, 0.2) is 5.43 Å². The molecule has 0 aliphatic heterocycles. The summed E-state index contributed by atoms with van der Waals surface area (Å²) < 4.78 is 17.4. The number of aromatic nitrogens is 1. The van der Waals surface area contributed by atoms with Gasteiger partial charge in [-0.25, -0.2) is 9.18 Å². The summed E-state index contributed by atoms with van der Waals surface area (Å²) in [5, 5.41) is 12.8. The average Bonchev–Trinajstić information content (AvgIpc) is 3.34. The van der Waals surface area contributed by atoms with Crippen molar-refractivity contribution in [2.24, 2.45) is 0 Å². The van der Waals surface area contributed by atoms with Crippen LogP contribution in [-0.2, 0) is 4.79 Å². The first-order chi connectivity index (χ1) is 16.0. The Bertz CT molecular complexity index is 1080. The van der Waals surface area contributed by atoms with Crippen molar-refractivity contribution >= 4 is 22.6 Å². The molecular weight excluding hydrogens is 419 g/mol. The highest BCUT2D eigenvalue weighted by Crippen LogP contribution is 2.35. The van der Waals surface area contributed by atoms with Crippen molar-refractivity contribution in [3.05, 3.63) is 52.1 Å². The second-order valence-electron chi connectivity index (χ2n) is 9.67. The number of carbonyl (C=O) groups is 1. The molecule has 0 bridgehead atoms. The SMILES string of the molecule is CCC(C/C=C/C(=O)O)c1cn(C2CCCC2)c2cc(NC3CCCCC3)c(F)cc2c1=O. The number of nitrogens with zero attached hydrogens (tertiary/aromatic N) is 1. The molecular formula is C27H35FN2O3. The van der Waals surface area contributed by atoms with Crippen molar-refractivity contribution in [3.63, 3.8) is 0 Å². The summed E-state index contributed by atoms with van der Waals surface area (Å²) in [5.74, 6) is -1.47. The van der Waals surface area contributed by atoms with E-state index in [2.05, 4.69) is 9.88 Å². The number of carboxylic acids is 1. The number of anilines is 1. The standard InChI is InChI=1S/C27H35FN2O3/c1-2-18(9-8-14-26(31)32)22-17-30(20-12-6-7-13-20)25-16-24(23(28)15-21(25)27(22)33)29-19-10-4-3-5-11-19/h8,14-20,29H,2-7,9-13H2,1H3,(H,31,32)/b14-8+. The zero-order valence-corrected chi connectivity index (χ0v) is 19.5. The van der Waals surface area contributed by atoms with Gasteiger partial charge in [0.2, 0.25) is 0 Å². The lowest BCUT2D eigenvalue weighted by atomic mass is 9.92. The third-order valence-corrected chi connectivity index (χ3v) is 7.45. The van der Waals surface area contributed by atoms with Gasteiger partial charge in [-0.1, -0.05) is 45.1 Å². The van der Waals surface area contributed by atoms with Gasteiger partial charge in [0.25, 0.3) is 0 Å². The van der Waals surface area contributed by atoms with E-state index in [0.717, 1.165) is 63.0 Å². The number of allylic oxidation sites excluding steroid dienone is 1. The number of pyridine rings is 1. The Labute approximate surface area is 194 Å². The number of hydrogen-bond donors (Lipinski definition) is 2. The molecule has 5 nitrogen and oxygen atoms in total. The predicted octanol–water partition coefficient (Wildman–Crippen LogP) is 6.52. The quantitative estimate of drug-likeness (QED) is 0.445. The molecule has 4 rings (SSSR count). The number of carboxylic acid groups (broad SMARTS) is 1. The molecule has 2 aliphatic rings. The number of nitrogens with one attached hydrogen (secondary N) is 1. The van der Waals surface area contributed by atoms with Gasteiger partial charge in [0, 0.05) is 35.3 Å². The summed E-state index contributed by atoms with van der Waals surface area (Å²) in [5.41, 5.74) is 1.80. The predicted molar refractivity (Wildman–Crippen MR) is 131 cm³/mol. The highest BCUT2D eigenvalue weighted by atomic mass is 19.1. The number of rotatable bonds is 8. The largest absolute Gasteiger partial charge is 0.478 e. The van der Waals surface area contributed by atoms with Gasteiger partial charge < -0.3 is 15.0 Å². The maximum Gasteiger partial charge on any atom is 0.327 e. The summed E-state index contributed by atoms with van der Waals surface area (Å²) in [7, 11) is 0. The van der Waals surface area contributed by atoms with E-state index in [9.17, 15) is 9.59 Å². The smallest absolute Gasteiger partial charge is 0.327 e. The Morgan fingerprint density at radius 3 is 2.55 bits per heavy atom. The van der Waals surface area contributed by atoms with E-state index in [4.69, 9.17) is 5.11 Å². The van der Waals surface area contributed by atoms with Crippen LogP contribution >= 0.6 is 0 Å². The highest BCUT2D eigenvalue weighted by Gasteiger charge is 2.24. The van der Waals surface area contributed by atoms with Gasteiger partial charge >= 0.3 is 5.97 Å². The summed E-state index contributed by atoms with van der Waals surface area (Å²) in [6.07, 6.45) is 16.0. The maximum atomic E-state index is 15.2. The molecule has 178 valence electrons. The van der Waals surface area contributed by atoms with Gasteiger partial charge in [-0.3, -0.25) is 4.79 Å². The molecule has 1 unspecified atom stereocenters. The molecule has 6 heteroatoms. The number of fused-ring (bicyclic) bond motifs is 1. The minimum atomic E-state index is -0.994. The molecule has 1 aromatic carbocycles. The molecule has 2 saturated carbocycles. The van der Waals surface area contributed by atoms with E-state index in [1.807, 2.05) is 19.2 Å². The minimum Gasteiger partial charge on any atom is -0.478 e. The lowest BCUT2D eigenvalue weighted by Crippen LogP contribution is -2.24. The van der Waals surface area contributed by atoms with Crippen molar-refractivity contribution in [2.45, 2.75) is 95.6 Å². The van der Waals surface area contributed by atoms with Crippen LogP contribution in [0.2, 0.25) is 0 Å². The maximum absolute atomic E-state index is 15.2. The van der Waals surface area contributed by atoms with Crippen molar-refractivity contribution in [1.82, 2.24) is 4.57 Å². The summed E-state index contributed by atoms with van der Waals surface area (Å²) in [6.45, 7) is 2.00. The monoisotopic (exact) mass is 454 g/mol. The number of aliphatic carboxylic acids is 1. The molecule has 0 amide bonds. The van der Waals surface area contributed by atoms with Gasteiger partial charge in [0.1, 0.15) is 5.82 Å². The van der Waals surface area contributed by atoms with Gasteiger partial charge in [-0.2, -0.15) is 0 Å². The van der Waals surface area contributed by atoms with E-state index in [0.29, 0.717) is 35.5 Å². The van der Waals surface area contributed by atoms with Crippen molar-refractivity contribution < 1.29 is 14.3 Å². The second-order valence-corrected chi connectivity index (χ2v) is 9.67. The minimum absolute atomic E-state index is 0.103. The average molecular weight is 455 g/mol. The summed E-state index contributed by atoms with van der Waals surface area (Å²) in [4.78, 5) is 24.4. The van der Waals surface area contributed by atoms with E-state index in [1.54, 1.807) is 6.08 Å². The lowest BCUT2D eigenvalue weighted by molar-refractivity contribution is -0.131. The van der Waals surface area contributed by atoms with E-state index >= 15 is 4.39 Å². The first-order valence-electron chi connectivity index (χ1n) is 12.5. The van der Waals surface area contributed by atoms with Crippen molar-refractivity contribution in [3.8, 4) is 0 Å². The molecule has 0 radical (unpaired) electrons. The Morgan fingerprint density at radius 2 is 1.88 bits per heavy atom. The van der Waals surface area contributed by atoms with Crippen LogP contribution < -0.4 is 10.7 Å². The first kappa shape index (κ1) is 23.5. The highest BCUT2D eigenvalue weighted by molar-refractivity contribution is 5.84. The summed E-state index contributed by atoms with van der Waals surface area (Å²) >= 11 is 0. The number of halogens is 1. The molecule has 33 heavy (non-hydrogen) atoms. The molecule has 1 atom stereocenters. The molecule has 1 aromatic heterocycles. The van der Waals surface area contributed by atoms with Crippen LogP contribution in [0.4, 0.5) is 10.1 Å². The fourth-order valence-corrected chi connectivity index (χ4v) is 5.59. The number of benzene rings is 1. The van der Waals surface area contributed by atoms with Crippen LogP contribution in [0.15, 0.2) is 35.3 Å². The fourth-order valence-electron chi connectivity index (χ4n) is 5.59. The number of hydrogen-bond acceptors (Lipinski definition) is 3. The van der Waals surface area contributed by atoms with Crippen LogP contribution in [0.1, 0.15) is 95.1 Å². The molecule has 0 saturated heterocycles. The Balaban J connectivity index is 1.79. The van der Waals surface area contributed by atoms with Crippen LogP contribution in [-0.4, -0.2) is 21.7 Å². The van der Waals surface area contributed by atoms with Crippen LogP contribution in [0.25, 0.3) is 10.9 Å². The molecule has 0 spiro atoms. The van der Waals surface area contributed by atoms with Crippen LogP contribution in [0.3, 0.4) is 0 Å². The zero-order chi connectivity index (χ0) is 23.4. The van der Waals surface area contributed by atoms with Crippen LogP contribution in [0.5, 0.6) is 0 Å². The van der Waals surface area contributed by atoms with E-state index in [1.165, 1.54) is 12.5 Å². The normalized spacial score (nSPS) is 18.8. The van der Waals surface area contributed by atoms with E-state index in [-0.39, 0.29) is 23.2 Å². The van der Waals surface area contributed by atoms with Crippen molar-refractivity contribution in [1.29, 1.82) is 0 Å². The topological polar surface area (TPSA) is 71.3 Å².